The van der Waals surface area contributed by atoms with E-state index in [9.17, 15) is 4.79 Å². The quantitative estimate of drug-likeness (QED) is 0.896. The van der Waals surface area contributed by atoms with Gasteiger partial charge < -0.3 is 9.84 Å². The molecule has 0 aromatic heterocycles. The second kappa shape index (κ2) is 4.57. The predicted octanol–water partition coefficient (Wildman–Crippen LogP) is 3.38. The van der Waals surface area contributed by atoms with Crippen LogP contribution in [0, 0.1) is 6.92 Å². The Balaban J connectivity index is 2.41. The summed E-state index contributed by atoms with van der Waals surface area (Å²) in [6.45, 7) is 3.54. The van der Waals surface area contributed by atoms with E-state index in [2.05, 4.69) is 0 Å². The van der Waals surface area contributed by atoms with Crippen molar-refractivity contribution >= 4 is 17.6 Å². The second-order valence-corrected chi connectivity index (χ2v) is 4.95. The first-order valence-electron chi connectivity index (χ1n) is 5.68. The summed E-state index contributed by atoms with van der Waals surface area (Å²) in [7, 11) is 0. The molecular formula is C13H15ClO3. The van der Waals surface area contributed by atoms with E-state index in [1.165, 1.54) is 0 Å². The van der Waals surface area contributed by atoms with Gasteiger partial charge in [-0.3, -0.25) is 4.79 Å². The molecule has 1 aliphatic rings. The van der Waals surface area contributed by atoms with E-state index in [1.54, 1.807) is 13.0 Å². The third-order valence-electron chi connectivity index (χ3n) is 2.86. The molecule has 0 spiro atoms. The van der Waals surface area contributed by atoms with Crippen molar-refractivity contribution in [1.29, 1.82) is 0 Å². The molecule has 1 atom stereocenters. The smallest absolute Gasteiger partial charge is 0.310 e. The highest BCUT2D eigenvalue weighted by atomic mass is 35.5. The van der Waals surface area contributed by atoms with Crippen molar-refractivity contribution in [2.24, 2.45) is 0 Å². The molecule has 0 heterocycles. The first-order valence-corrected chi connectivity index (χ1v) is 6.06. The minimum atomic E-state index is -0.868. The molecule has 0 amide bonds. The molecule has 3 nitrogen and oxygen atoms in total. The lowest BCUT2D eigenvalue weighted by Crippen LogP contribution is -2.11. The molecule has 0 radical (unpaired) electrons. The van der Waals surface area contributed by atoms with Crippen molar-refractivity contribution in [2.75, 3.05) is 0 Å². The van der Waals surface area contributed by atoms with E-state index < -0.39 is 11.9 Å². The number of rotatable bonds is 4. The van der Waals surface area contributed by atoms with Crippen LogP contribution in [0.3, 0.4) is 0 Å². The number of aryl methyl sites for hydroxylation is 1. The van der Waals surface area contributed by atoms with Crippen molar-refractivity contribution in [2.45, 2.75) is 38.7 Å². The van der Waals surface area contributed by atoms with Crippen LogP contribution in [0.2, 0.25) is 5.02 Å². The maximum atomic E-state index is 11.1. The van der Waals surface area contributed by atoms with Gasteiger partial charge in [0.15, 0.2) is 0 Å². The molecule has 1 aromatic carbocycles. The predicted molar refractivity (Wildman–Crippen MR) is 65.9 cm³/mol. The Morgan fingerprint density at radius 1 is 1.53 bits per heavy atom. The first-order chi connectivity index (χ1) is 7.99. The van der Waals surface area contributed by atoms with Crippen molar-refractivity contribution in [3.63, 3.8) is 0 Å². The third kappa shape index (κ3) is 2.72. The lowest BCUT2D eigenvalue weighted by Gasteiger charge is -2.16. The van der Waals surface area contributed by atoms with Gasteiger partial charge in [-0.25, -0.2) is 0 Å². The average molecular weight is 255 g/mol. The molecule has 1 aromatic rings. The van der Waals surface area contributed by atoms with Crippen molar-refractivity contribution in [1.82, 2.24) is 0 Å². The zero-order valence-corrected chi connectivity index (χ0v) is 10.6. The Morgan fingerprint density at radius 3 is 2.71 bits per heavy atom. The van der Waals surface area contributed by atoms with Crippen LogP contribution in [0.15, 0.2) is 12.1 Å². The zero-order chi connectivity index (χ0) is 12.6. The Morgan fingerprint density at radius 2 is 2.18 bits per heavy atom. The number of carboxylic acid groups (broad SMARTS) is 1. The SMILES string of the molecule is Cc1cc(Cl)c(OC2CC2)c(C(C)C(=O)O)c1. The highest BCUT2D eigenvalue weighted by molar-refractivity contribution is 6.32. The molecule has 0 aliphatic heterocycles. The monoisotopic (exact) mass is 254 g/mol. The van der Waals surface area contributed by atoms with Crippen LogP contribution in [0.4, 0.5) is 0 Å². The standard InChI is InChI=1S/C13H15ClO3/c1-7-5-10(8(2)13(15)16)12(11(14)6-7)17-9-3-4-9/h5-6,8-9H,3-4H2,1-2H3,(H,15,16). The van der Waals surface area contributed by atoms with Gasteiger partial charge in [-0.15, -0.1) is 0 Å². The summed E-state index contributed by atoms with van der Waals surface area (Å²) in [5.41, 5.74) is 1.61. The highest BCUT2D eigenvalue weighted by Gasteiger charge is 2.28. The topological polar surface area (TPSA) is 46.5 Å². The Bertz CT molecular complexity index is 452. The molecule has 4 heteroatoms. The molecule has 1 saturated carbocycles. The minimum Gasteiger partial charge on any atom is -0.489 e. The number of hydrogen-bond acceptors (Lipinski definition) is 2. The molecule has 1 unspecified atom stereocenters. The lowest BCUT2D eigenvalue weighted by atomic mass is 9.98. The van der Waals surface area contributed by atoms with E-state index in [4.69, 9.17) is 21.4 Å². The second-order valence-electron chi connectivity index (χ2n) is 4.54. The van der Waals surface area contributed by atoms with Crippen molar-refractivity contribution in [3.8, 4) is 5.75 Å². The summed E-state index contributed by atoms with van der Waals surface area (Å²) in [5, 5.41) is 9.59. The summed E-state index contributed by atoms with van der Waals surface area (Å²) < 4.78 is 5.72. The molecule has 0 bridgehead atoms. The van der Waals surface area contributed by atoms with Gasteiger partial charge in [-0.1, -0.05) is 17.7 Å². The molecule has 0 saturated heterocycles. The molecule has 92 valence electrons. The van der Waals surface area contributed by atoms with Gasteiger partial charge in [0, 0.05) is 5.56 Å². The summed E-state index contributed by atoms with van der Waals surface area (Å²) >= 11 is 6.14. The van der Waals surface area contributed by atoms with Crippen LogP contribution in [0.5, 0.6) is 5.75 Å². The number of halogens is 1. The van der Waals surface area contributed by atoms with Crippen LogP contribution >= 0.6 is 11.6 Å². The maximum Gasteiger partial charge on any atom is 0.310 e. The fourth-order valence-corrected chi connectivity index (χ4v) is 2.01. The van der Waals surface area contributed by atoms with Crippen LogP contribution in [-0.4, -0.2) is 17.2 Å². The fraction of sp³-hybridized carbons (Fsp3) is 0.462. The number of benzene rings is 1. The minimum absolute atomic E-state index is 0.204. The van der Waals surface area contributed by atoms with Crippen molar-refractivity contribution < 1.29 is 14.6 Å². The van der Waals surface area contributed by atoms with Gasteiger partial charge in [0.25, 0.3) is 0 Å². The van der Waals surface area contributed by atoms with Crippen LogP contribution in [-0.2, 0) is 4.79 Å². The van der Waals surface area contributed by atoms with E-state index in [0.717, 1.165) is 18.4 Å². The van der Waals surface area contributed by atoms with Gasteiger partial charge in [0.05, 0.1) is 17.0 Å². The fourth-order valence-electron chi connectivity index (χ4n) is 1.69. The van der Waals surface area contributed by atoms with Gasteiger partial charge >= 0.3 is 5.97 Å². The summed E-state index contributed by atoms with van der Waals surface area (Å²) in [4.78, 5) is 11.1. The zero-order valence-electron chi connectivity index (χ0n) is 9.87. The summed E-state index contributed by atoms with van der Waals surface area (Å²) in [6.07, 6.45) is 2.24. The number of hydrogen-bond donors (Lipinski definition) is 1. The highest BCUT2D eigenvalue weighted by Crippen LogP contribution is 2.39. The van der Waals surface area contributed by atoms with Crippen LogP contribution in [0.1, 0.15) is 36.8 Å². The molecule has 17 heavy (non-hydrogen) atoms. The van der Waals surface area contributed by atoms with E-state index in [-0.39, 0.29) is 6.10 Å². The summed E-state index contributed by atoms with van der Waals surface area (Å²) in [6, 6.07) is 3.64. The maximum absolute atomic E-state index is 11.1. The normalized spacial score (nSPS) is 16.6. The van der Waals surface area contributed by atoms with Crippen LogP contribution < -0.4 is 4.74 Å². The van der Waals surface area contributed by atoms with Crippen LogP contribution in [0.25, 0.3) is 0 Å². The summed E-state index contributed by atoms with van der Waals surface area (Å²) in [5.74, 6) is -0.942. The van der Waals surface area contributed by atoms with Crippen molar-refractivity contribution in [3.05, 3.63) is 28.3 Å². The first kappa shape index (κ1) is 12.2. The molecule has 1 N–H and O–H groups in total. The van der Waals surface area contributed by atoms with Gasteiger partial charge in [-0.05, 0) is 38.3 Å². The average Bonchev–Trinajstić information content (AvgIpc) is 3.04. The van der Waals surface area contributed by atoms with E-state index in [1.807, 2.05) is 13.0 Å². The van der Waals surface area contributed by atoms with Gasteiger partial charge in [0.2, 0.25) is 0 Å². The number of ether oxygens (including phenoxy) is 1. The van der Waals surface area contributed by atoms with E-state index in [0.29, 0.717) is 16.3 Å². The lowest BCUT2D eigenvalue weighted by molar-refractivity contribution is -0.138. The molecular weight excluding hydrogens is 240 g/mol. The number of carboxylic acids is 1. The van der Waals surface area contributed by atoms with E-state index >= 15 is 0 Å². The molecule has 1 aliphatic carbocycles. The molecule has 2 rings (SSSR count). The number of aliphatic carboxylic acids is 1. The third-order valence-corrected chi connectivity index (χ3v) is 3.14. The Kier molecular flexibility index (Phi) is 3.29. The van der Waals surface area contributed by atoms with Gasteiger partial charge in [-0.2, -0.15) is 0 Å². The van der Waals surface area contributed by atoms with Gasteiger partial charge in [0.1, 0.15) is 5.75 Å². The Labute approximate surface area is 105 Å². The number of carbonyl (C=O) groups is 1. The Hall–Kier alpha value is -1.22. The largest absolute Gasteiger partial charge is 0.489 e. The molecule has 1 fully saturated rings.